The van der Waals surface area contributed by atoms with Gasteiger partial charge in [-0.2, -0.15) is 0 Å². The molecule has 0 aromatic carbocycles. The molecule has 0 aromatic heterocycles. The maximum Gasteiger partial charge on any atom is 0.321 e. The summed E-state index contributed by atoms with van der Waals surface area (Å²) in [6.07, 6.45) is 19.8. The van der Waals surface area contributed by atoms with Crippen molar-refractivity contribution in [3.63, 3.8) is 0 Å². The molecule has 1 fully saturated rings. The fourth-order valence-corrected chi connectivity index (χ4v) is 4.32. The molecule has 2 aliphatic carbocycles. The van der Waals surface area contributed by atoms with Crippen molar-refractivity contribution in [1.82, 2.24) is 4.90 Å². The summed E-state index contributed by atoms with van der Waals surface area (Å²) >= 11 is 0. The third-order valence-electron chi connectivity index (χ3n) is 5.66. The van der Waals surface area contributed by atoms with Gasteiger partial charge in [-0.3, -0.25) is 14.5 Å². The summed E-state index contributed by atoms with van der Waals surface area (Å²) in [6.45, 7) is 1.17. The maximum atomic E-state index is 12.2. The second-order valence-corrected chi connectivity index (χ2v) is 7.56. The molecule has 1 aliphatic heterocycles. The van der Waals surface area contributed by atoms with Crippen LogP contribution >= 0.6 is 0 Å². The van der Waals surface area contributed by atoms with Gasteiger partial charge in [0.25, 0.3) is 5.91 Å². The molecule has 140 valence electrons. The molecule has 1 heterocycles. The Morgan fingerprint density at radius 2 is 1.96 bits per heavy atom. The Bertz CT molecular complexity index is 629. The van der Waals surface area contributed by atoms with Crippen LogP contribution in [0.2, 0.25) is 0 Å². The predicted octanol–water partition coefficient (Wildman–Crippen LogP) is 3.24. The average Bonchev–Trinajstić information content (AvgIpc) is 2.65. The molecule has 1 N–H and O–H groups in total. The Hall–Kier alpha value is -2.01. The smallest absolute Gasteiger partial charge is 0.321 e. The molecule has 3 aliphatic rings. The number of carboxylic acid groups (broad SMARTS) is 1. The van der Waals surface area contributed by atoms with E-state index < -0.39 is 12.0 Å². The number of carbonyl (C=O) groups excluding carboxylic acids is 1. The van der Waals surface area contributed by atoms with Crippen molar-refractivity contribution in [3.8, 4) is 0 Å². The highest BCUT2D eigenvalue weighted by atomic mass is 16.4. The first-order valence-electron chi connectivity index (χ1n) is 9.70. The van der Waals surface area contributed by atoms with Gasteiger partial charge in [0, 0.05) is 25.2 Å². The van der Waals surface area contributed by atoms with Gasteiger partial charge in [0.05, 0.1) is 5.92 Å². The number of rotatable bonds is 7. The van der Waals surface area contributed by atoms with Gasteiger partial charge in [-0.05, 0) is 31.3 Å². The highest BCUT2D eigenvalue weighted by Gasteiger charge is 2.36. The Labute approximate surface area is 155 Å². The summed E-state index contributed by atoms with van der Waals surface area (Å²) in [5.74, 6) is -0.883. The van der Waals surface area contributed by atoms with Crippen LogP contribution < -0.4 is 0 Å². The number of hydrogen-bond acceptors (Lipinski definition) is 3. The first kappa shape index (κ1) is 18.8. The number of aliphatic carboxylic acids is 1. The highest BCUT2D eigenvalue weighted by molar-refractivity contribution is 5.94. The van der Waals surface area contributed by atoms with Crippen LogP contribution in [0.4, 0.5) is 0 Å². The lowest BCUT2D eigenvalue weighted by Crippen LogP contribution is -2.50. The SMILES string of the molecule is O=C1N=CC=CC1CN(CC1CCCCC1)[C@@H](C(=O)O)C1C=CC=CC1. The second kappa shape index (κ2) is 9.08. The van der Waals surface area contributed by atoms with E-state index in [1.807, 2.05) is 35.3 Å². The lowest BCUT2D eigenvalue weighted by Gasteiger charge is -2.38. The zero-order valence-electron chi connectivity index (χ0n) is 15.2. The number of allylic oxidation sites excluding steroid dienone is 4. The van der Waals surface area contributed by atoms with E-state index in [-0.39, 0.29) is 17.7 Å². The Balaban J connectivity index is 1.79. The summed E-state index contributed by atoms with van der Waals surface area (Å²) in [6, 6.07) is -0.606. The van der Waals surface area contributed by atoms with Crippen LogP contribution in [-0.4, -0.2) is 47.2 Å². The molecule has 0 aromatic rings. The zero-order valence-corrected chi connectivity index (χ0v) is 15.2. The Morgan fingerprint density at radius 3 is 2.62 bits per heavy atom. The quantitative estimate of drug-likeness (QED) is 0.760. The summed E-state index contributed by atoms with van der Waals surface area (Å²) in [5, 5.41) is 9.99. The molecule has 0 spiro atoms. The van der Waals surface area contributed by atoms with Crippen LogP contribution in [0.1, 0.15) is 38.5 Å². The van der Waals surface area contributed by atoms with E-state index in [1.165, 1.54) is 25.5 Å². The van der Waals surface area contributed by atoms with Crippen molar-refractivity contribution in [2.45, 2.75) is 44.6 Å². The van der Waals surface area contributed by atoms with Crippen molar-refractivity contribution < 1.29 is 14.7 Å². The summed E-state index contributed by atoms with van der Waals surface area (Å²) in [4.78, 5) is 30.2. The average molecular weight is 356 g/mol. The van der Waals surface area contributed by atoms with E-state index in [9.17, 15) is 14.7 Å². The van der Waals surface area contributed by atoms with Gasteiger partial charge < -0.3 is 5.11 Å². The number of hydrogen-bond donors (Lipinski definition) is 1. The first-order chi connectivity index (χ1) is 12.6. The van der Waals surface area contributed by atoms with Crippen molar-refractivity contribution in [2.75, 3.05) is 13.1 Å². The molecule has 5 nitrogen and oxygen atoms in total. The molecule has 3 rings (SSSR count). The van der Waals surface area contributed by atoms with Gasteiger partial charge in [0.2, 0.25) is 0 Å². The molecule has 2 unspecified atom stereocenters. The predicted molar refractivity (Wildman–Crippen MR) is 102 cm³/mol. The Morgan fingerprint density at radius 1 is 1.15 bits per heavy atom. The molecule has 1 saturated carbocycles. The van der Waals surface area contributed by atoms with Crippen LogP contribution in [0.15, 0.2) is 41.4 Å². The van der Waals surface area contributed by atoms with Gasteiger partial charge in [0.1, 0.15) is 6.04 Å². The van der Waals surface area contributed by atoms with Crippen LogP contribution in [0.5, 0.6) is 0 Å². The molecule has 0 bridgehead atoms. The monoisotopic (exact) mass is 356 g/mol. The molecular formula is C21H28N2O3. The van der Waals surface area contributed by atoms with Crippen LogP contribution in [-0.2, 0) is 9.59 Å². The third kappa shape index (κ3) is 4.79. The fourth-order valence-electron chi connectivity index (χ4n) is 4.32. The zero-order chi connectivity index (χ0) is 18.4. The molecular weight excluding hydrogens is 328 g/mol. The van der Waals surface area contributed by atoms with E-state index in [1.54, 1.807) is 6.08 Å². The molecule has 0 radical (unpaired) electrons. The normalized spacial score (nSPS) is 27.2. The minimum atomic E-state index is -0.804. The fraction of sp³-hybridized carbons (Fsp3) is 0.571. The number of dihydropyridines is 1. The number of nitrogens with zero attached hydrogens (tertiary/aromatic N) is 2. The standard InChI is InChI=1S/C21H28N2O3/c24-20-18(12-7-13-22-20)15-23(14-16-8-3-1-4-9-16)19(21(25)26)17-10-5-2-6-11-17/h2,5-7,10,12-13,16-19H,1,3-4,8-9,11,14-15H2,(H,25,26)/t17?,18?,19-/m1/s1. The van der Waals surface area contributed by atoms with Gasteiger partial charge in [-0.25, -0.2) is 4.99 Å². The highest BCUT2D eigenvalue weighted by Crippen LogP contribution is 2.29. The molecule has 26 heavy (non-hydrogen) atoms. The maximum absolute atomic E-state index is 12.2. The summed E-state index contributed by atoms with van der Waals surface area (Å²) < 4.78 is 0. The van der Waals surface area contributed by atoms with Crippen molar-refractivity contribution in [3.05, 3.63) is 36.5 Å². The van der Waals surface area contributed by atoms with E-state index >= 15 is 0 Å². The lowest BCUT2D eigenvalue weighted by atomic mass is 9.86. The summed E-state index contributed by atoms with van der Waals surface area (Å²) in [7, 11) is 0. The van der Waals surface area contributed by atoms with Crippen LogP contribution in [0, 0.1) is 17.8 Å². The molecule has 3 atom stereocenters. The van der Waals surface area contributed by atoms with Crippen LogP contribution in [0.3, 0.4) is 0 Å². The largest absolute Gasteiger partial charge is 0.480 e. The molecule has 5 heteroatoms. The van der Waals surface area contributed by atoms with Crippen molar-refractivity contribution >= 4 is 18.1 Å². The lowest BCUT2D eigenvalue weighted by molar-refractivity contribution is -0.146. The molecule has 1 amide bonds. The van der Waals surface area contributed by atoms with E-state index in [4.69, 9.17) is 0 Å². The number of carboxylic acids is 1. The minimum Gasteiger partial charge on any atom is -0.480 e. The van der Waals surface area contributed by atoms with Gasteiger partial charge >= 0.3 is 5.97 Å². The van der Waals surface area contributed by atoms with Gasteiger partial charge in [-0.1, -0.05) is 49.6 Å². The van der Waals surface area contributed by atoms with E-state index in [2.05, 4.69) is 4.99 Å². The minimum absolute atomic E-state index is 0.0627. The number of amides is 1. The number of carbonyl (C=O) groups is 2. The first-order valence-corrected chi connectivity index (χ1v) is 9.70. The van der Waals surface area contributed by atoms with Crippen molar-refractivity contribution in [1.29, 1.82) is 0 Å². The van der Waals surface area contributed by atoms with Crippen LogP contribution in [0.25, 0.3) is 0 Å². The van der Waals surface area contributed by atoms with E-state index in [0.29, 0.717) is 12.5 Å². The number of aliphatic imine (C=N–C) groups is 1. The van der Waals surface area contributed by atoms with Crippen molar-refractivity contribution in [2.24, 2.45) is 22.7 Å². The Kier molecular flexibility index (Phi) is 6.56. The second-order valence-electron chi connectivity index (χ2n) is 7.56. The molecule has 0 saturated heterocycles. The topological polar surface area (TPSA) is 70.0 Å². The third-order valence-corrected chi connectivity index (χ3v) is 5.66. The van der Waals surface area contributed by atoms with Gasteiger partial charge in [0.15, 0.2) is 0 Å². The van der Waals surface area contributed by atoms with E-state index in [0.717, 1.165) is 25.8 Å². The summed E-state index contributed by atoms with van der Waals surface area (Å²) in [5.41, 5.74) is 0. The van der Waals surface area contributed by atoms with Gasteiger partial charge in [-0.15, -0.1) is 0 Å².